The van der Waals surface area contributed by atoms with Gasteiger partial charge in [-0.15, -0.1) is 0 Å². The molecular formula is C23H22N2O5S. The smallest absolute Gasteiger partial charge is 0.262 e. The fraction of sp³-hybridized carbons (Fsp3) is 0.130. The van der Waals surface area contributed by atoms with Crippen molar-refractivity contribution in [1.82, 2.24) is 0 Å². The molecule has 0 spiro atoms. The molecule has 0 aliphatic heterocycles. The van der Waals surface area contributed by atoms with Gasteiger partial charge < -0.3 is 10.1 Å². The predicted octanol–water partition coefficient (Wildman–Crippen LogP) is 3.33. The van der Waals surface area contributed by atoms with E-state index in [-0.39, 0.29) is 12.4 Å². The predicted molar refractivity (Wildman–Crippen MR) is 120 cm³/mol. The maximum atomic E-state index is 12.8. The highest BCUT2D eigenvalue weighted by Gasteiger charge is 2.15. The Balaban J connectivity index is 1.64. The van der Waals surface area contributed by atoms with Gasteiger partial charge in [-0.3, -0.25) is 13.9 Å². The summed E-state index contributed by atoms with van der Waals surface area (Å²) in [6.07, 6.45) is 1.11. The normalized spacial score (nSPS) is 10.9. The lowest BCUT2D eigenvalue weighted by Gasteiger charge is -2.17. The summed E-state index contributed by atoms with van der Waals surface area (Å²) in [4.78, 5) is 25.1. The molecule has 1 N–H and O–H groups in total. The first-order valence-corrected chi connectivity index (χ1v) is 11.3. The number of sulfonamides is 1. The summed E-state index contributed by atoms with van der Waals surface area (Å²) in [6, 6.07) is 21.9. The highest BCUT2D eigenvalue weighted by atomic mass is 32.2. The zero-order valence-corrected chi connectivity index (χ0v) is 17.9. The monoisotopic (exact) mass is 438 g/mol. The van der Waals surface area contributed by atoms with Gasteiger partial charge in [-0.05, 0) is 36.4 Å². The third-order valence-electron chi connectivity index (χ3n) is 4.55. The summed E-state index contributed by atoms with van der Waals surface area (Å²) in [5, 5.41) is 2.71. The molecule has 1 amide bonds. The molecule has 8 heteroatoms. The zero-order valence-electron chi connectivity index (χ0n) is 17.1. The van der Waals surface area contributed by atoms with E-state index in [4.69, 9.17) is 4.74 Å². The lowest BCUT2D eigenvalue weighted by atomic mass is 10.0. The third kappa shape index (κ3) is 5.70. The van der Waals surface area contributed by atoms with Crippen LogP contribution in [0.25, 0.3) is 0 Å². The second kappa shape index (κ2) is 9.44. The minimum absolute atomic E-state index is 0.192. The fourth-order valence-electron chi connectivity index (χ4n) is 2.81. The van der Waals surface area contributed by atoms with E-state index in [0.29, 0.717) is 28.3 Å². The number of hydrogen-bond donors (Lipinski definition) is 1. The number of nitrogens with one attached hydrogen (secondary N) is 1. The number of ether oxygens (including phenoxy) is 1. The van der Waals surface area contributed by atoms with Gasteiger partial charge in [0.15, 0.2) is 12.4 Å². The topological polar surface area (TPSA) is 92.8 Å². The molecule has 3 rings (SSSR count). The molecule has 0 aliphatic carbocycles. The Labute approximate surface area is 181 Å². The average molecular weight is 439 g/mol. The zero-order chi connectivity index (χ0) is 22.4. The highest BCUT2D eigenvalue weighted by Crippen LogP contribution is 2.21. The molecule has 0 bridgehead atoms. The number of nitrogens with zero attached hydrogens (tertiary/aromatic N) is 1. The van der Waals surface area contributed by atoms with E-state index in [0.717, 1.165) is 10.6 Å². The standard InChI is InChI=1S/C23H22N2O5S/c1-25(31(2,28)29)18-12-14-19(15-13-18)30-16-22(26)24-21-11-7-6-10-20(21)23(27)17-8-4-3-5-9-17/h3-15H,16H2,1-2H3,(H,24,26). The van der Waals surface area contributed by atoms with Crippen molar-refractivity contribution in [3.63, 3.8) is 0 Å². The molecule has 0 saturated heterocycles. The molecule has 0 atom stereocenters. The molecule has 0 aromatic heterocycles. The van der Waals surface area contributed by atoms with Crippen LogP contribution < -0.4 is 14.4 Å². The Morgan fingerprint density at radius 1 is 0.903 bits per heavy atom. The van der Waals surface area contributed by atoms with Gasteiger partial charge in [-0.25, -0.2) is 8.42 Å². The first-order chi connectivity index (χ1) is 14.8. The van der Waals surface area contributed by atoms with Crippen LogP contribution in [-0.4, -0.2) is 40.0 Å². The number of carbonyl (C=O) groups excluding carboxylic acids is 2. The molecule has 3 aromatic rings. The van der Waals surface area contributed by atoms with Gasteiger partial charge in [-0.1, -0.05) is 42.5 Å². The van der Waals surface area contributed by atoms with E-state index in [1.165, 1.54) is 7.05 Å². The number of hydrogen-bond acceptors (Lipinski definition) is 5. The van der Waals surface area contributed by atoms with Crippen molar-refractivity contribution in [2.24, 2.45) is 0 Å². The van der Waals surface area contributed by atoms with Gasteiger partial charge in [0.1, 0.15) is 5.75 Å². The number of amides is 1. The Morgan fingerprint density at radius 2 is 1.52 bits per heavy atom. The van der Waals surface area contributed by atoms with Crippen molar-refractivity contribution in [3.8, 4) is 5.75 Å². The Morgan fingerprint density at radius 3 is 2.16 bits per heavy atom. The molecule has 0 radical (unpaired) electrons. The highest BCUT2D eigenvalue weighted by molar-refractivity contribution is 7.92. The second-order valence-electron chi connectivity index (χ2n) is 6.80. The Bertz CT molecular complexity index is 1180. The van der Waals surface area contributed by atoms with Crippen LogP contribution in [0.4, 0.5) is 11.4 Å². The molecule has 0 aliphatic rings. The maximum Gasteiger partial charge on any atom is 0.262 e. The van der Waals surface area contributed by atoms with Crippen LogP contribution in [0.15, 0.2) is 78.9 Å². The molecule has 0 heterocycles. The fourth-order valence-corrected chi connectivity index (χ4v) is 3.32. The van der Waals surface area contributed by atoms with Crippen molar-refractivity contribution in [1.29, 1.82) is 0 Å². The SMILES string of the molecule is CN(c1ccc(OCC(=O)Nc2ccccc2C(=O)c2ccccc2)cc1)S(C)(=O)=O. The Hall–Kier alpha value is -3.65. The largest absolute Gasteiger partial charge is 0.484 e. The number of carbonyl (C=O) groups is 2. The van der Waals surface area contributed by atoms with Crippen LogP contribution in [0.1, 0.15) is 15.9 Å². The quantitative estimate of drug-likeness (QED) is 0.545. The van der Waals surface area contributed by atoms with Crippen molar-refractivity contribution in [2.45, 2.75) is 0 Å². The summed E-state index contributed by atoms with van der Waals surface area (Å²) in [5.41, 5.74) is 1.79. The van der Waals surface area contributed by atoms with E-state index in [1.54, 1.807) is 72.8 Å². The first kappa shape index (κ1) is 22.0. The number of anilines is 2. The van der Waals surface area contributed by atoms with Gasteiger partial charge in [-0.2, -0.15) is 0 Å². The van der Waals surface area contributed by atoms with Crippen molar-refractivity contribution in [3.05, 3.63) is 90.0 Å². The maximum absolute atomic E-state index is 12.8. The van der Waals surface area contributed by atoms with Crippen LogP contribution in [0.2, 0.25) is 0 Å². The van der Waals surface area contributed by atoms with Crippen LogP contribution in [0.3, 0.4) is 0 Å². The van der Waals surface area contributed by atoms with Crippen LogP contribution in [0.5, 0.6) is 5.75 Å². The van der Waals surface area contributed by atoms with Gasteiger partial charge in [0.05, 0.1) is 17.6 Å². The first-order valence-electron chi connectivity index (χ1n) is 9.41. The minimum Gasteiger partial charge on any atom is -0.484 e. The third-order valence-corrected chi connectivity index (χ3v) is 5.76. The van der Waals surface area contributed by atoms with Gasteiger partial charge in [0.2, 0.25) is 10.0 Å². The molecule has 0 saturated carbocycles. The van der Waals surface area contributed by atoms with E-state index in [2.05, 4.69) is 5.32 Å². The second-order valence-corrected chi connectivity index (χ2v) is 8.82. The van der Waals surface area contributed by atoms with E-state index < -0.39 is 15.9 Å². The minimum atomic E-state index is -3.36. The van der Waals surface area contributed by atoms with E-state index in [1.807, 2.05) is 6.07 Å². The van der Waals surface area contributed by atoms with Crippen LogP contribution in [-0.2, 0) is 14.8 Å². The van der Waals surface area contributed by atoms with Gasteiger partial charge in [0.25, 0.3) is 5.91 Å². The van der Waals surface area contributed by atoms with Crippen molar-refractivity contribution in [2.75, 3.05) is 29.5 Å². The van der Waals surface area contributed by atoms with Gasteiger partial charge >= 0.3 is 0 Å². The molecule has 31 heavy (non-hydrogen) atoms. The molecule has 0 fully saturated rings. The summed E-state index contributed by atoms with van der Waals surface area (Å²) >= 11 is 0. The number of benzene rings is 3. The molecular weight excluding hydrogens is 416 g/mol. The van der Waals surface area contributed by atoms with E-state index >= 15 is 0 Å². The van der Waals surface area contributed by atoms with Gasteiger partial charge in [0, 0.05) is 18.2 Å². The lowest BCUT2D eigenvalue weighted by molar-refractivity contribution is -0.118. The molecule has 7 nitrogen and oxygen atoms in total. The van der Waals surface area contributed by atoms with Crippen molar-refractivity contribution < 1.29 is 22.7 Å². The number of rotatable bonds is 8. The molecule has 0 unspecified atom stereocenters. The number of para-hydroxylation sites is 1. The summed E-state index contributed by atoms with van der Waals surface area (Å²) in [7, 11) is -1.91. The molecule has 3 aromatic carbocycles. The van der Waals surface area contributed by atoms with Crippen molar-refractivity contribution >= 4 is 33.1 Å². The van der Waals surface area contributed by atoms with Crippen LogP contribution >= 0.6 is 0 Å². The summed E-state index contributed by atoms with van der Waals surface area (Å²) in [5.74, 6) is -0.205. The summed E-state index contributed by atoms with van der Waals surface area (Å²) < 4.78 is 29.8. The Kier molecular flexibility index (Phi) is 6.71. The van der Waals surface area contributed by atoms with E-state index in [9.17, 15) is 18.0 Å². The summed E-state index contributed by atoms with van der Waals surface area (Å²) in [6.45, 7) is -0.269. The molecule has 160 valence electrons. The number of ketones is 1. The average Bonchev–Trinajstić information content (AvgIpc) is 2.77. The van der Waals surface area contributed by atoms with Crippen LogP contribution in [0, 0.1) is 0 Å². The lowest BCUT2D eigenvalue weighted by Crippen LogP contribution is -2.24.